The molecule has 4 heterocycles. The Morgan fingerprint density at radius 3 is 2.77 bits per heavy atom. The lowest BCUT2D eigenvalue weighted by Crippen LogP contribution is -2.38. The summed E-state index contributed by atoms with van der Waals surface area (Å²) in [6, 6.07) is 12.7. The fraction of sp³-hybridized carbons (Fsp3) is 0.292. The molecule has 11 heteroatoms. The highest BCUT2D eigenvalue weighted by atomic mass is 35.5. The molecule has 6 rings (SSSR count). The summed E-state index contributed by atoms with van der Waals surface area (Å²) in [5.41, 5.74) is 1.81. The molecule has 2 aromatic carbocycles. The number of H-pyrrole nitrogens is 1. The van der Waals surface area contributed by atoms with Crippen molar-refractivity contribution in [2.45, 2.75) is 25.3 Å². The molecule has 0 bridgehead atoms. The first-order valence-electron chi connectivity index (χ1n) is 11.3. The van der Waals surface area contributed by atoms with Crippen LogP contribution in [-0.2, 0) is 6.54 Å². The first-order chi connectivity index (χ1) is 17.0. The minimum atomic E-state index is -0.318. The monoisotopic (exact) mass is 492 g/mol. The molecule has 1 N–H and O–H groups in total. The summed E-state index contributed by atoms with van der Waals surface area (Å²) in [5.74, 6) is 1.79. The van der Waals surface area contributed by atoms with Gasteiger partial charge in [0.25, 0.3) is 11.5 Å². The summed E-state index contributed by atoms with van der Waals surface area (Å²) in [5, 5.41) is 8.77. The maximum Gasteiger partial charge on any atom is 0.281 e. The van der Waals surface area contributed by atoms with Crippen LogP contribution in [0.5, 0.6) is 11.5 Å². The van der Waals surface area contributed by atoms with E-state index in [1.807, 2.05) is 23.1 Å². The zero-order valence-electron chi connectivity index (χ0n) is 18.6. The number of amides is 1. The van der Waals surface area contributed by atoms with Crippen LogP contribution in [0.25, 0.3) is 11.2 Å². The van der Waals surface area contributed by atoms with Gasteiger partial charge >= 0.3 is 0 Å². The van der Waals surface area contributed by atoms with Crippen LogP contribution in [0.2, 0.25) is 5.02 Å². The van der Waals surface area contributed by atoms with Crippen molar-refractivity contribution < 1.29 is 14.3 Å². The topological polar surface area (TPSA) is 115 Å². The van der Waals surface area contributed by atoms with Gasteiger partial charge in [0, 0.05) is 29.6 Å². The molecule has 178 valence electrons. The van der Waals surface area contributed by atoms with Gasteiger partial charge < -0.3 is 19.4 Å². The number of ether oxygens (including phenoxy) is 2. The van der Waals surface area contributed by atoms with Gasteiger partial charge in [-0.1, -0.05) is 28.9 Å². The number of nitrogens with one attached hydrogen (secondary N) is 1. The second-order valence-electron chi connectivity index (χ2n) is 8.63. The van der Waals surface area contributed by atoms with E-state index >= 15 is 0 Å². The quantitative estimate of drug-likeness (QED) is 0.465. The molecule has 0 atom stereocenters. The molecular weight excluding hydrogens is 472 g/mol. The van der Waals surface area contributed by atoms with Gasteiger partial charge in [0.2, 0.25) is 6.79 Å². The van der Waals surface area contributed by atoms with Crippen LogP contribution in [0.4, 0.5) is 0 Å². The van der Waals surface area contributed by atoms with E-state index in [1.165, 1.54) is 0 Å². The number of rotatable bonds is 4. The second-order valence-corrected chi connectivity index (χ2v) is 9.07. The summed E-state index contributed by atoms with van der Waals surface area (Å²) >= 11 is 6.10. The zero-order valence-corrected chi connectivity index (χ0v) is 19.4. The van der Waals surface area contributed by atoms with Crippen molar-refractivity contribution in [3.63, 3.8) is 0 Å². The highest BCUT2D eigenvalue weighted by molar-refractivity contribution is 6.30. The van der Waals surface area contributed by atoms with E-state index in [9.17, 15) is 9.59 Å². The standard InChI is InChI=1S/C24H21ClN6O4/c25-17-3-1-2-14(10-17)12-31-22-20(28-29-31)23(32)27-21(26-22)15-6-8-30(9-7-15)24(33)16-4-5-18-19(11-16)35-13-34-18/h1-5,10-11,15H,6-9,12-13H2,(H,26,27,32). The van der Waals surface area contributed by atoms with Gasteiger partial charge in [0.05, 0.1) is 6.54 Å². The number of hydrogen-bond acceptors (Lipinski definition) is 7. The summed E-state index contributed by atoms with van der Waals surface area (Å²) in [6.45, 7) is 1.68. The fourth-order valence-electron chi connectivity index (χ4n) is 4.56. The van der Waals surface area contributed by atoms with Crippen LogP contribution in [0.1, 0.15) is 40.5 Å². The molecular formula is C24H21ClN6O4. The van der Waals surface area contributed by atoms with Crippen molar-refractivity contribution in [2.24, 2.45) is 0 Å². The summed E-state index contributed by atoms with van der Waals surface area (Å²) in [4.78, 5) is 35.1. The van der Waals surface area contributed by atoms with Crippen LogP contribution in [0.15, 0.2) is 47.3 Å². The first kappa shape index (κ1) is 21.6. The molecule has 1 amide bonds. The molecule has 0 spiro atoms. The lowest BCUT2D eigenvalue weighted by molar-refractivity contribution is 0.0710. The number of halogens is 1. The highest BCUT2D eigenvalue weighted by Gasteiger charge is 2.28. The number of nitrogens with zero attached hydrogens (tertiary/aromatic N) is 5. The van der Waals surface area contributed by atoms with Gasteiger partial charge in [-0.25, -0.2) is 9.67 Å². The summed E-state index contributed by atoms with van der Waals surface area (Å²) < 4.78 is 12.3. The van der Waals surface area contributed by atoms with Gasteiger partial charge in [0.15, 0.2) is 22.7 Å². The highest BCUT2D eigenvalue weighted by Crippen LogP contribution is 2.33. The van der Waals surface area contributed by atoms with Gasteiger partial charge in [-0.3, -0.25) is 9.59 Å². The molecule has 2 aromatic heterocycles. The fourth-order valence-corrected chi connectivity index (χ4v) is 4.77. The number of hydrogen-bond donors (Lipinski definition) is 1. The van der Waals surface area contributed by atoms with E-state index < -0.39 is 0 Å². The maximum atomic E-state index is 13.0. The van der Waals surface area contributed by atoms with E-state index in [4.69, 9.17) is 26.1 Å². The first-order valence-corrected chi connectivity index (χ1v) is 11.7. The third-order valence-electron chi connectivity index (χ3n) is 6.40. The predicted molar refractivity (Wildman–Crippen MR) is 127 cm³/mol. The zero-order chi connectivity index (χ0) is 23.9. The number of carbonyl (C=O) groups excluding carboxylic acids is 1. The van der Waals surface area contributed by atoms with Gasteiger partial charge in [-0.15, -0.1) is 5.10 Å². The van der Waals surface area contributed by atoms with Gasteiger partial charge in [-0.05, 0) is 48.7 Å². The van der Waals surface area contributed by atoms with Crippen molar-refractivity contribution in [3.05, 3.63) is 74.8 Å². The lowest BCUT2D eigenvalue weighted by atomic mass is 9.95. The SMILES string of the molecule is O=C(c1ccc2c(c1)OCO2)N1CCC(c2nc3c(nnn3Cc3cccc(Cl)c3)c(=O)[nH]2)CC1. The number of aromatic nitrogens is 5. The van der Waals surface area contributed by atoms with E-state index in [0.29, 0.717) is 66.0 Å². The molecule has 1 saturated heterocycles. The number of piperidine rings is 1. The Morgan fingerprint density at radius 1 is 1.11 bits per heavy atom. The van der Waals surface area contributed by atoms with Crippen molar-refractivity contribution in [2.75, 3.05) is 19.9 Å². The maximum absolute atomic E-state index is 13.0. The van der Waals surface area contributed by atoms with Gasteiger partial charge in [-0.2, -0.15) is 0 Å². The molecule has 2 aliphatic rings. The largest absolute Gasteiger partial charge is 0.454 e. The summed E-state index contributed by atoms with van der Waals surface area (Å²) in [6.07, 6.45) is 1.36. The number of aromatic amines is 1. The normalized spacial score (nSPS) is 15.6. The molecule has 2 aliphatic heterocycles. The minimum absolute atomic E-state index is 0.0161. The van der Waals surface area contributed by atoms with Crippen LogP contribution >= 0.6 is 11.6 Å². The van der Waals surface area contributed by atoms with Crippen LogP contribution in [0.3, 0.4) is 0 Å². The predicted octanol–water partition coefficient (Wildman–Crippen LogP) is 2.96. The van der Waals surface area contributed by atoms with Crippen LogP contribution < -0.4 is 15.0 Å². The van der Waals surface area contributed by atoms with Crippen LogP contribution in [-0.4, -0.2) is 55.7 Å². The minimum Gasteiger partial charge on any atom is -0.454 e. The Bertz CT molecular complexity index is 1490. The Hall–Kier alpha value is -3.92. The van der Waals surface area contributed by atoms with Gasteiger partial charge in [0.1, 0.15) is 5.82 Å². The average molecular weight is 493 g/mol. The number of carbonyl (C=O) groups is 1. The third kappa shape index (κ3) is 4.10. The van der Waals surface area contributed by atoms with Crippen molar-refractivity contribution in [1.82, 2.24) is 29.9 Å². The molecule has 0 unspecified atom stereocenters. The van der Waals surface area contributed by atoms with E-state index in [1.54, 1.807) is 28.9 Å². The molecule has 35 heavy (non-hydrogen) atoms. The smallest absolute Gasteiger partial charge is 0.281 e. The van der Waals surface area contributed by atoms with Crippen molar-refractivity contribution in [3.8, 4) is 11.5 Å². The van der Waals surface area contributed by atoms with E-state index in [-0.39, 0.29) is 29.7 Å². The molecule has 10 nitrogen and oxygen atoms in total. The van der Waals surface area contributed by atoms with Crippen LogP contribution in [0, 0.1) is 0 Å². The third-order valence-corrected chi connectivity index (χ3v) is 6.64. The average Bonchev–Trinajstić information content (AvgIpc) is 3.51. The Labute approximate surface area is 204 Å². The molecule has 1 fully saturated rings. The van der Waals surface area contributed by atoms with E-state index in [2.05, 4.69) is 15.3 Å². The second kappa shape index (κ2) is 8.70. The van der Waals surface area contributed by atoms with Crippen molar-refractivity contribution in [1.29, 1.82) is 0 Å². The number of benzene rings is 2. The number of likely N-dealkylation sites (tertiary alicyclic amines) is 1. The van der Waals surface area contributed by atoms with E-state index in [0.717, 1.165) is 5.56 Å². The molecule has 0 aliphatic carbocycles. The Balaban J connectivity index is 1.19. The Morgan fingerprint density at radius 2 is 1.94 bits per heavy atom. The molecule has 0 saturated carbocycles. The molecule has 0 radical (unpaired) electrons. The lowest BCUT2D eigenvalue weighted by Gasteiger charge is -2.31. The molecule has 4 aromatic rings. The van der Waals surface area contributed by atoms with Crippen molar-refractivity contribution >= 4 is 28.7 Å². The summed E-state index contributed by atoms with van der Waals surface area (Å²) in [7, 11) is 0. The Kier molecular flexibility index (Phi) is 5.37. The number of fused-ring (bicyclic) bond motifs is 2.